The Hall–Kier alpha value is -0.940. The van der Waals surface area contributed by atoms with E-state index in [1.807, 2.05) is 25.1 Å². The Morgan fingerprint density at radius 1 is 1.42 bits per heavy atom. The summed E-state index contributed by atoms with van der Waals surface area (Å²) in [5, 5.41) is 2.98. The summed E-state index contributed by atoms with van der Waals surface area (Å²) in [6.45, 7) is 1.96. The molecule has 0 unspecified atom stereocenters. The summed E-state index contributed by atoms with van der Waals surface area (Å²) in [6.07, 6.45) is 3.51. The zero-order valence-corrected chi connectivity index (χ0v) is 13.2. The number of nitrogens with one attached hydrogen (secondary N) is 1. The summed E-state index contributed by atoms with van der Waals surface area (Å²) in [5.74, 6) is -0.0706. The highest BCUT2D eigenvalue weighted by atomic mass is 79.9. The lowest BCUT2D eigenvalue weighted by atomic mass is 9.85. The molecule has 1 aliphatic carbocycles. The van der Waals surface area contributed by atoms with E-state index in [4.69, 9.17) is 18.0 Å². The van der Waals surface area contributed by atoms with Gasteiger partial charge in [-0.05, 0) is 37.5 Å². The number of benzene rings is 1. The first-order valence-corrected chi connectivity index (χ1v) is 7.53. The van der Waals surface area contributed by atoms with Crippen LogP contribution < -0.4 is 11.1 Å². The summed E-state index contributed by atoms with van der Waals surface area (Å²) >= 11 is 8.54. The van der Waals surface area contributed by atoms with Crippen molar-refractivity contribution < 1.29 is 4.79 Å². The number of halogens is 1. The van der Waals surface area contributed by atoms with Crippen LogP contribution in [-0.2, 0) is 4.79 Å². The van der Waals surface area contributed by atoms with Crippen molar-refractivity contribution in [2.45, 2.75) is 32.6 Å². The highest BCUT2D eigenvalue weighted by Gasteiger charge is 2.44. The van der Waals surface area contributed by atoms with Crippen molar-refractivity contribution in [2.75, 3.05) is 5.32 Å². The van der Waals surface area contributed by atoms with Crippen LogP contribution in [0.4, 0.5) is 5.69 Å². The van der Waals surface area contributed by atoms with Gasteiger partial charge in [0.1, 0.15) is 0 Å². The zero-order chi connectivity index (χ0) is 14.0. The number of aryl methyl sites for hydroxylation is 1. The highest BCUT2D eigenvalue weighted by molar-refractivity contribution is 9.10. The minimum Gasteiger partial charge on any atom is -0.392 e. The number of carbonyl (C=O) groups is 1. The maximum atomic E-state index is 12.5. The third kappa shape index (κ3) is 2.82. The van der Waals surface area contributed by atoms with Crippen LogP contribution in [0.1, 0.15) is 31.2 Å². The predicted molar refractivity (Wildman–Crippen MR) is 85.2 cm³/mol. The number of hydrogen-bond acceptors (Lipinski definition) is 2. The van der Waals surface area contributed by atoms with E-state index in [1.54, 1.807) is 0 Å². The fraction of sp³-hybridized carbons (Fsp3) is 0.429. The number of anilines is 1. The Morgan fingerprint density at radius 2 is 2.05 bits per heavy atom. The highest BCUT2D eigenvalue weighted by Crippen LogP contribution is 2.39. The number of nitrogens with two attached hydrogens (primary N) is 1. The fourth-order valence-corrected chi connectivity index (χ4v) is 3.19. The van der Waals surface area contributed by atoms with E-state index in [0.717, 1.165) is 41.4 Å². The van der Waals surface area contributed by atoms with Gasteiger partial charge in [-0.3, -0.25) is 4.79 Å². The van der Waals surface area contributed by atoms with E-state index >= 15 is 0 Å². The summed E-state index contributed by atoms with van der Waals surface area (Å²) in [5.41, 5.74) is 6.98. The van der Waals surface area contributed by atoms with Crippen LogP contribution in [0.5, 0.6) is 0 Å². The molecule has 3 N–H and O–H groups in total. The standard InChI is InChI=1S/C14H17BrN2OS/c1-9-4-5-10(15)8-11(9)17-13(18)14(12(16)19)6-2-3-7-14/h4-5,8H,2-3,6-7H2,1H3,(H2,16,19)(H,17,18). The molecule has 1 aromatic carbocycles. The molecule has 1 saturated carbocycles. The van der Waals surface area contributed by atoms with Crippen LogP contribution in [0.3, 0.4) is 0 Å². The normalized spacial score (nSPS) is 17.2. The minimum absolute atomic E-state index is 0.0706. The second-order valence-electron chi connectivity index (χ2n) is 5.07. The number of rotatable bonds is 3. The lowest BCUT2D eigenvalue weighted by molar-refractivity contribution is -0.122. The molecule has 0 radical (unpaired) electrons. The molecule has 0 atom stereocenters. The van der Waals surface area contributed by atoms with Crippen molar-refractivity contribution in [3.8, 4) is 0 Å². The quantitative estimate of drug-likeness (QED) is 0.827. The van der Waals surface area contributed by atoms with E-state index in [-0.39, 0.29) is 5.91 Å². The molecule has 19 heavy (non-hydrogen) atoms. The average molecular weight is 341 g/mol. The minimum atomic E-state index is -0.663. The Morgan fingerprint density at radius 3 is 2.63 bits per heavy atom. The van der Waals surface area contributed by atoms with Crippen LogP contribution in [0.2, 0.25) is 0 Å². The Kier molecular flexibility index (Phi) is 4.26. The summed E-state index contributed by atoms with van der Waals surface area (Å²) in [7, 11) is 0. The third-order valence-corrected chi connectivity index (χ3v) is 4.70. The molecule has 0 saturated heterocycles. The van der Waals surface area contributed by atoms with E-state index in [0.29, 0.717) is 4.99 Å². The van der Waals surface area contributed by atoms with Gasteiger partial charge in [-0.1, -0.05) is 47.1 Å². The first-order chi connectivity index (χ1) is 8.95. The maximum Gasteiger partial charge on any atom is 0.237 e. The molecule has 1 fully saturated rings. The van der Waals surface area contributed by atoms with Crippen molar-refractivity contribution in [1.82, 2.24) is 0 Å². The fourth-order valence-electron chi connectivity index (χ4n) is 2.53. The van der Waals surface area contributed by atoms with Gasteiger partial charge in [-0.15, -0.1) is 0 Å². The number of amides is 1. The smallest absolute Gasteiger partial charge is 0.237 e. The van der Waals surface area contributed by atoms with Gasteiger partial charge in [0.15, 0.2) is 0 Å². The van der Waals surface area contributed by atoms with Crippen LogP contribution in [-0.4, -0.2) is 10.9 Å². The molecule has 1 aromatic rings. The Balaban J connectivity index is 2.25. The molecule has 0 bridgehead atoms. The SMILES string of the molecule is Cc1ccc(Br)cc1NC(=O)C1(C(N)=S)CCCC1. The largest absolute Gasteiger partial charge is 0.392 e. The third-order valence-electron chi connectivity index (χ3n) is 3.81. The van der Waals surface area contributed by atoms with Gasteiger partial charge in [-0.2, -0.15) is 0 Å². The molecule has 5 heteroatoms. The van der Waals surface area contributed by atoms with E-state index in [9.17, 15) is 4.79 Å². The van der Waals surface area contributed by atoms with Gasteiger partial charge >= 0.3 is 0 Å². The van der Waals surface area contributed by atoms with Crippen LogP contribution >= 0.6 is 28.1 Å². The van der Waals surface area contributed by atoms with Crippen molar-refractivity contribution >= 4 is 44.7 Å². The molecular weight excluding hydrogens is 324 g/mol. The topological polar surface area (TPSA) is 55.1 Å². The van der Waals surface area contributed by atoms with Gasteiger partial charge in [-0.25, -0.2) is 0 Å². The molecule has 102 valence electrons. The lowest BCUT2D eigenvalue weighted by Gasteiger charge is -2.26. The van der Waals surface area contributed by atoms with Crippen LogP contribution in [0.25, 0.3) is 0 Å². The first kappa shape index (κ1) is 14.5. The maximum absolute atomic E-state index is 12.5. The molecule has 1 aliphatic rings. The van der Waals surface area contributed by atoms with E-state index < -0.39 is 5.41 Å². The first-order valence-electron chi connectivity index (χ1n) is 6.33. The van der Waals surface area contributed by atoms with Gasteiger partial charge < -0.3 is 11.1 Å². The molecular formula is C14H17BrN2OS. The zero-order valence-electron chi connectivity index (χ0n) is 10.8. The van der Waals surface area contributed by atoms with Gasteiger partial charge in [0.05, 0.1) is 10.4 Å². The van der Waals surface area contributed by atoms with Crippen LogP contribution in [0, 0.1) is 12.3 Å². The summed E-state index contributed by atoms with van der Waals surface area (Å²) < 4.78 is 0.934. The van der Waals surface area contributed by atoms with Gasteiger partial charge in [0, 0.05) is 10.2 Å². The van der Waals surface area contributed by atoms with Gasteiger partial charge in [0.25, 0.3) is 0 Å². The molecule has 1 amide bonds. The lowest BCUT2D eigenvalue weighted by Crippen LogP contribution is -2.44. The van der Waals surface area contributed by atoms with E-state index in [1.165, 1.54) is 0 Å². The van der Waals surface area contributed by atoms with Crippen molar-refractivity contribution in [3.63, 3.8) is 0 Å². The molecule has 0 spiro atoms. The summed E-state index contributed by atoms with van der Waals surface area (Å²) in [4.78, 5) is 12.9. The van der Waals surface area contributed by atoms with Crippen LogP contribution in [0.15, 0.2) is 22.7 Å². The van der Waals surface area contributed by atoms with E-state index in [2.05, 4.69) is 21.2 Å². The second kappa shape index (κ2) is 5.59. The van der Waals surface area contributed by atoms with Gasteiger partial charge in [0.2, 0.25) is 5.91 Å². The number of thiocarbonyl (C=S) groups is 1. The molecule has 3 nitrogen and oxygen atoms in total. The van der Waals surface area contributed by atoms with Crippen molar-refractivity contribution in [2.24, 2.45) is 11.1 Å². The number of hydrogen-bond donors (Lipinski definition) is 2. The second-order valence-corrected chi connectivity index (χ2v) is 6.42. The molecule has 0 aromatic heterocycles. The Bertz CT molecular complexity index is 524. The number of carbonyl (C=O) groups excluding carboxylic acids is 1. The molecule has 0 aliphatic heterocycles. The molecule has 2 rings (SSSR count). The average Bonchev–Trinajstić information content (AvgIpc) is 2.84. The predicted octanol–water partition coefficient (Wildman–Crippen LogP) is 3.54. The molecule has 0 heterocycles. The summed E-state index contributed by atoms with van der Waals surface area (Å²) in [6, 6.07) is 5.81. The van der Waals surface area contributed by atoms with Crippen molar-refractivity contribution in [1.29, 1.82) is 0 Å². The van der Waals surface area contributed by atoms with Crippen molar-refractivity contribution in [3.05, 3.63) is 28.2 Å². The Labute approximate surface area is 127 Å². The monoisotopic (exact) mass is 340 g/mol.